The van der Waals surface area contributed by atoms with Gasteiger partial charge in [-0.15, -0.1) is 0 Å². The van der Waals surface area contributed by atoms with Gasteiger partial charge < -0.3 is 15.2 Å². The lowest BCUT2D eigenvalue weighted by atomic mass is 9.82. The van der Waals surface area contributed by atoms with Crippen molar-refractivity contribution in [3.05, 3.63) is 52.5 Å². The zero-order chi connectivity index (χ0) is 29.6. The molecule has 6 nitrogen and oxygen atoms in total. The largest absolute Gasteiger partial charge is 0.482 e. The van der Waals surface area contributed by atoms with Crippen LogP contribution in [0.1, 0.15) is 61.0 Å². The van der Waals surface area contributed by atoms with Crippen LogP contribution < -0.4 is 16.0 Å². The molecule has 0 atom stereocenters. The van der Waals surface area contributed by atoms with E-state index in [0.29, 0.717) is 15.7 Å². The highest BCUT2D eigenvalue weighted by molar-refractivity contribution is 9.10. The molecule has 3 N–H and O–H groups in total. The van der Waals surface area contributed by atoms with Crippen LogP contribution in [-0.4, -0.2) is 33.8 Å². The van der Waals surface area contributed by atoms with Crippen molar-refractivity contribution in [2.45, 2.75) is 84.7 Å². The molecule has 212 valence electrons. The minimum Gasteiger partial charge on any atom is -0.351 e. The first-order chi connectivity index (χ1) is 17.7. The molecule has 0 radical (unpaired) electrons. The molecule has 1 heterocycles. The van der Waals surface area contributed by atoms with E-state index < -0.39 is 22.8 Å². The van der Waals surface area contributed by atoms with Gasteiger partial charge in [-0.05, 0) is 113 Å². The average Bonchev–Trinajstić information content (AvgIpc) is 3.09. The van der Waals surface area contributed by atoms with Gasteiger partial charge >= 0.3 is 6.30 Å². The van der Waals surface area contributed by atoms with Gasteiger partial charge in [0.25, 0.3) is 0 Å². The number of anilines is 1. The Hall–Kier alpha value is -3.01. The van der Waals surface area contributed by atoms with E-state index in [0.717, 1.165) is 16.5 Å². The van der Waals surface area contributed by atoms with Gasteiger partial charge in [-0.2, -0.15) is 13.2 Å². The van der Waals surface area contributed by atoms with Crippen LogP contribution in [0.2, 0.25) is 0 Å². The molecule has 0 aliphatic rings. The van der Waals surface area contributed by atoms with E-state index in [9.17, 15) is 22.8 Å². The minimum atomic E-state index is -4.55. The number of carbonyl (C=O) groups is 2. The van der Waals surface area contributed by atoms with Crippen LogP contribution in [0.25, 0.3) is 22.2 Å². The Balaban J connectivity index is 2.15. The monoisotopic (exact) mass is 608 g/mol. The van der Waals surface area contributed by atoms with E-state index >= 15 is 0 Å². The van der Waals surface area contributed by atoms with Crippen LogP contribution in [0, 0.1) is 0 Å². The van der Waals surface area contributed by atoms with Crippen LogP contribution in [0.3, 0.4) is 0 Å². The standard InChI is InChI=1S/C29H36BrF3N4O2/c1-26(2,3)35-23(38)16-37-22(17-9-11-20(12-10-17)34-29(31,32)33)14-18-13-19(15-21(30)24(18)37)28(7,8)25(39)36-27(4,5)6/h9-15,34H,16H2,1-8H3,(H,35,38)(H,36,39). The fraction of sp³-hybridized carbons (Fsp3) is 0.448. The number of alkyl halides is 3. The quantitative estimate of drug-likeness (QED) is 0.261. The molecule has 39 heavy (non-hydrogen) atoms. The maximum Gasteiger partial charge on any atom is 0.482 e. The summed E-state index contributed by atoms with van der Waals surface area (Å²) in [6.45, 7) is 15.1. The lowest BCUT2D eigenvalue weighted by Crippen LogP contribution is -2.48. The maximum absolute atomic E-state index is 13.2. The van der Waals surface area contributed by atoms with E-state index in [1.54, 1.807) is 12.1 Å². The van der Waals surface area contributed by atoms with Crippen LogP contribution >= 0.6 is 15.9 Å². The Morgan fingerprint density at radius 1 is 0.846 bits per heavy atom. The third-order valence-corrected chi connectivity index (χ3v) is 6.61. The second-order valence-electron chi connectivity index (χ2n) is 12.3. The summed E-state index contributed by atoms with van der Waals surface area (Å²) in [5.41, 5.74) is 1.01. The fourth-order valence-electron chi connectivity index (χ4n) is 4.24. The minimum absolute atomic E-state index is 0.00942. The van der Waals surface area contributed by atoms with Crippen molar-refractivity contribution in [3.8, 4) is 11.3 Å². The highest BCUT2D eigenvalue weighted by atomic mass is 79.9. The van der Waals surface area contributed by atoms with Crippen molar-refractivity contribution in [1.29, 1.82) is 0 Å². The van der Waals surface area contributed by atoms with Gasteiger partial charge in [0.2, 0.25) is 11.8 Å². The van der Waals surface area contributed by atoms with Gasteiger partial charge in [-0.1, -0.05) is 12.1 Å². The summed E-state index contributed by atoms with van der Waals surface area (Å²) >= 11 is 3.66. The van der Waals surface area contributed by atoms with E-state index in [1.807, 2.05) is 78.2 Å². The van der Waals surface area contributed by atoms with Crippen molar-refractivity contribution in [2.75, 3.05) is 5.32 Å². The van der Waals surface area contributed by atoms with Crippen molar-refractivity contribution in [3.63, 3.8) is 0 Å². The molecule has 2 amide bonds. The molecule has 0 fully saturated rings. The summed E-state index contributed by atoms with van der Waals surface area (Å²) in [7, 11) is 0. The molecule has 0 unspecified atom stereocenters. The summed E-state index contributed by atoms with van der Waals surface area (Å²) in [6, 6.07) is 11.5. The first-order valence-electron chi connectivity index (χ1n) is 12.6. The van der Waals surface area contributed by atoms with Crippen molar-refractivity contribution in [2.24, 2.45) is 0 Å². The third kappa shape index (κ3) is 7.77. The predicted octanol–water partition coefficient (Wildman–Crippen LogP) is 7.11. The van der Waals surface area contributed by atoms with Gasteiger partial charge in [0.05, 0.1) is 10.9 Å². The molecule has 3 rings (SSSR count). The zero-order valence-electron chi connectivity index (χ0n) is 23.5. The SMILES string of the molecule is CC(C)(C)NC(=O)Cn1c(-c2ccc(NC(F)(F)F)cc2)cc2cc(C(C)(C)C(=O)NC(C)(C)C)cc(Br)c21. The lowest BCUT2D eigenvalue weighted by Gasteiger charge is -2.30. The second kappa shape index (κ2) is 10.5. The molecule has 1 aromatic heterocycles. The van der Waals surface area contributed by atoms with E-state index in [1.165, 1.54) is 17.4 Å². The summed E-state index contributed by atoms with van der Waals surface area (Å²) in [5, 5.41) is 8.29. The van der Waals surface area contributed by atoms with Crippen LogP contribution in [0.5, 0.6) is 0 Å². The van der Waals surface area contributed by atoms with Gasteiger partial charge in [-0.25, -0.2) is 0 Å². The molecular formula is C29H36BrF3N4O2. The van der Waals surface area contributed by atoms with Crippen LogP contribution in [0.4, 0.5) is 18.9 Å². The van der Waals surface area contributed by atoms with Gasteiger partial charge in [0, 0.05) is 32.3 Å². The molecule has 0 bridgehead atoms. The average molecular weight is 610 g/mol. The van der Waals surface area contributed by atoms with E-state index in [2.05, 4.69) is 26.6 Å². The summed E-state index contributed by atoms with van der Waals surface area (Å²) in [4.78, 5) is 26.1. The van der Waals surface area contributed by atoms with Crippen LogP contribution in [-0.2, 0) is 21.5 Å². The Morgan fingerprint density at radius 2 is 1.41 bits per heavy atom. The molecule has 0 saturated heterocycles. The molecule has 10 heteroatoms. The highest BCUT2D eigenvalue weighted by Gasteiger charge is 2.33. The molecule has 3 aromatic rings. The number of nitrogens with zero attached hydrogens (tertiary/aromatic N) is 1. The predicted molar refractivity (Wildman–Crippen MR) is 154 cm³/mol. The Bertz CT molecular complexity index is 1380. The van der Waals surface area contributed by atoms with Gasteiger partial charge in [0.15, 0.2) is 0 Å². The number of amides is 2. The summed E-state index contributed by atoms with van der Waals surface area (Å²) in [6.07, 6.45) is -4.55. The van der Waals surface area contributed by atoms with Crippen molar-refractivity contribution < 1.29 is 22.8 Å². The third-order valence-electron chi connectivity index (χ3n) is 6.01. The number of nitrogens with one attached hydrogen (secondary N) is 3. The topological polar surface area (TPSA) is 75.2 Å². The molecule has 0 aliphatic carbocycles. The number of halogens is 4. The Labute approximate surface area is 235 Å². The number of hydrogen-bond acceptors (Lipinski definition) is 3. The summed E-state index contributed by atoms with van der Waals surface area (Å²) in [5.74, 6) is -0.337. The normalized spacial score (nSPS) is 12.9. The molecule has 2 aromatic carbocycles. The molecular weight excluding hydrogens is 573 g/mol. The number of hydrogen-bond donors (Lipinski definition) is 3. The van der Waals surface area contributed by atoms with E-state index in [-0.39, 0.29) is 24.0 Å². The number of fused-ring (bicyclic) bond motifs is 1. The van der Waals surface area contributed by atoms with Crippen LogP contribution in [0.15, 0.2) is 46.9 Å². The maximum atomic E-state index is 13.2. The zero-order valence-corrected chi connectivity index (χ0v) is 25.1. The Kier molecular flexibility index (Phi) is 8.24. The number of carbonyl (C=O) groups excluding carboxylic acids is 2. The van der Waals surface area contributed by atoms with E-state index in [4.69, 9.17) is 0 Å². The first-order valence-corrected chi connectivity index (χ1v) is 13.4. The number of aromatic nitrogens is 1. The smallest absolute Gasteiger partial charge is 0.351 e. The number of rotatable bonds is 6. The lowest BCUT2D eigenvalue weighted by molar-refractivity contribution is -0.127. The summed E-state index contributed by atoms with van der Waals surface area (Å²) < 4.78 is 40.9. The molecule has 0 spiro atoms. The van der Waals surface area contributed by atoms with Gasteiger partial charge in [0.1, 0.15) is 6.54 Å². The number of benzene rings is 2. The van der Waals surface area contributed by atoms with Gasteiger partial charge in [-0.3, -0.25) is 14.9 Å². The molecule has 0 saturated carbocycles. The highest BCUT2D eigenvalue weighted by Crippen LogP contribution is 2.37. The first kappa shape index (κ1) is 30.5. The van der Waals surface area contributed by atoms with Crippen molar-refractivity contribution in [1.82, 2.24) is 15.2 Å². The van der Waals surface area contributed by atoms with Crippen molar-refractivity contribution >= 4 is 44.3 Å². The molecule has 0 aliphatic heterocycles. The second-order valence-corrected chi connectivity index (χ2v) is 13.2. The fourth-order valence-corrected chi connectivity index (χ4v) is 4.93. The Morgan fingerprint density at radius 3 is 1.92 bits per heavy atom.